The summed E-state index contributed by atoms with van der Waals surface area (Å²) in [5.41, 5.74) is 0. The predicted molar refractivity (Wildman–Crippen MR) is 60.8 cm³/mol. The topological polar surface area (TPSA) is 52.6 Å². The second kappa shape index (κ2) is 9.39. The summed E-state index contributed by atoms with van der Waals surface area (Å²) >= 11 is 0. The molecule has 0 aromatic carbocycles. The van der Waals surface area contributed by atoms with Gasteiger partial charge in [-0.3, -0.25) is 0 Å². The molecule has 92 valence electrons. The summed E-state index contributed by atoms with van der Waals surface area (Å²) in [6.07, 6.45) is 3.43. The molecular weight excluding hydrogens is 240 g/mol. The highest BCUT2D eigenvalue weighted by molar-refractivity contribution is 8.13. The van der Waals surface area contributed by atoms with Crippen molar-refractivity contribution in [2.45, 2.75) is 25.7 Å². The van der Waals surface area contributed by atoms with E-state index in [1.807, 2.05) is 0 Å². The first kappa shape index (κ1) is 15.2. The van der Waals surface area contributed by atoms with Crippen LogP contribution in [0.5, 0.6) is 0 Å². The monoisotopic (exact) mass is 258 g/mol. The standard InChI is InChI=1S/C9H19ClO4S/c1-13-7-8-14-6-4-2-3-5-9-15(10,11)12/h2-9H2,1H3. The minimum Gasteiger partial charge on any atom is -0.382 e. The largest absolute Gasteiger partial charge is 0.382 e. The Morgan fingerprint density at radius 1 is 1.00 bits per heavy atom. The Kier molecular flexibility index (Phi) is 9.49. The third kappa shape index (κ3) is 14.2. The van der Waals surface area contributed by atoms with Crippen molar-refractivity contribution in [3.8, 4) is 0 Å². The summed E-state index contributed by atoms with van der Waals surface area (Å²) in [6, 6.07) is 0. The van der Waals surface area contributed by atoms with Crippen molar-refractivity contribution in [2.75, 3.05) is 32.7 Å². The lowest BCUT2D eigenvalue weighted by atomic mass is 10.2. The first-order valence-corrected chi connectivity index (χ1v) is 7.53. The van der Waals surface area contributed by atoms with Gasteiger partial charge in [-0.05, 0) is 12.8 Å². The van der Waals surface area contributed by atoms with Crippen molar-refractivity contribution in [1.82, 2.24) is 0 Å². The number of methoxy groups -OCH3 is 1. The van der Waals surface area contributed by atoms with Gasteiger partial charge in [0.25, 0.3) is 0 Å². The highest BCUT2D eigenvalue weighted by atomic mass is 35.7. The molecule has 0 bridgehead atoms. The molecule has 0 amide bonds. The van der Waals surface area contributed by atoms with E-state index in [1.54, 1.807) is 7.11 Å². The summed E-state index contributed by atoms with van der Waals surface area (Å²) in [6.45, 7) is 1.94. The van der Waals surface area contributed by atoms with Crippen LogP contribution in [0.2, 0.25) is 0 Å². The van der Waals surface area contributed by atoms with Crippen molar-refractivity contribution in [2.24, 2.45) is 0 Å². The second-order valence-corrected chi connectivity index (χ2v) is 6.16. The van der Waals surface area contributed by atoms with Crippen molar-refractivity contribution in [3.05, 3.63) is 0 Å². The van der Waals surface area contributed by atoms with Crippen molar-refractivity contribution in [3.63, 3.8) is 0 Å². The molecule has 4 nitrogen and oxygen atoms in total. The Morgan fingerprint density at radius 2 is 1.67 bits per heavy atom. The molecule has 0 atom stereocenters. The first-order chi connectivity index (χ1) is 7.06. The van der Waals surface area contributed by atoms with Crippen LogP contribution < -0.4 is 0 Å². The van der Waals surface area contributed by atoms with E-state index in [0.29, 0.717) is 26.2 Å². The van der Waals surface area contributed by atoms with Gasteiger partial charge in [-0.2, -0.15) is 0 Å². The Hall–Kier alpha value is 0.160. The lowest BCUT2D eigenvalue weighted by Crippen LogP contribution is -2.03. The number of hydrogen-bond acceptors (Lipinski definition) is 4. The molecule has 0 heterocycles. The van der Waals surface area contributed by atoms with Gasteiger partial charge in [0, 0.05) is 24.4 Å². The molecule has 0 aromatic rings. The zero-order valence-electron chi connectivity index (χ0n) is 9.08. The summed E-state index contributed by atoms with van der Waals surface area (Å²) in [4.78, 5) is 0. The molecule has 0 N–H and O–H groups in total. The average Bonchev–Trinajstić information content (AvgIpc) is 2.14. The molecule has 0 aromatic heterocycles. The molecule has 0 unspecified atom stereocenters. The zero-order valence-corrected chi connectivity index (χ0v) is 10.6. The second-order valence-electron chi connectivity index (χ2n) is 3.26. The molecule has 0 aliphatic carbocycles. The maximum atomic E-state index is 10.6. The number of ether oxygens (including phenoxy) is 2. The van der Waals surface area contributed by atoms with E-state index >= 15 is 0 Å². The van der Waals surface area contributed by atoms with Gasteiger partial charge in [-0.15, -0.1) is 0 Å². The highest BCUT2D eigenvalue weighted by Crippen LogP contribution is 2.05. The predicted octanol–water partition coefficient (Wildman–Crippen LogP) is 1.78. The molecule has 0 fully saturated rings. The van der Waals surface area contributed by atoms with Crippen LogP contribution in [-0.4, -0.2) is 41.1 Å². The fourth-order valence-corrected chi connectivity index (χ4v) is 1.95. The van der Waals surface area contributed by atoms with E-state index in [4.69, 9.17) is 20.2 Å². The van der Waals surface area contributed by atoms with Gasteiger partial charge in [-0.25, -0.2) is 8.42 Å². The van der Waals surface area contributed by atoms with Crippen LogP contribution in [-0.2, 0) is 18.5 Å². The SMILES string of the molecule is COCCOCCCCCCS(=O)(=O)Cl. The maximum Gasteiger partial charge on any atom is 0.232 e. The minimum atomic E-state index is -3.30. The molecule has 0 saturated heterocycles. The summed E-state index contributed by atoms with van der Waals surface area (Å²) in [7, 11) is 3.39. The van der Waals surface area contributed by atoms with E-state index in [0.717, 1.165) is 19.3 Å². The van der Waals surface area contributed by atoms with E-state index in [2.05, 4.69) is 0 Å². The Bertz CT molecular complexity index is 228. The van der Waals surface area contributed by atoms with Gasteiger partial charge >= 0.3 is 0 Å². The summed E-state index contributed by atoms with van der Waals surface area (Å²) in [5, 5.41) is 0. The molecule has 0 spiro atoms. The van der Waals surface area contributed by atoms with Gasteiger partial charge < -0.3 is 9.47 Å². The van der Waals surface area contributed by atoms with E-state index in [9.17, 15) is 8.42 Å². The normalized spacial score (nSPS) is 11.9. The number of hydrogen-bond donors (Lipinski definition) is 0. The highest BCUT2D eigenvalue weighted by Gasteiger charge is 2.03. The molecule has 0 saturated carbocycles. The van der Waals surface area contributed by atoms with Crippen LogP contribution in [0.15, 0.2) is 0 Å². The number of rotatable bonds is 10. The van der Waals surface area contributed by atoms with Crippen LogP contribution >= 0.6 is 10.7 Å². The van der Waals surface area contributed by atoms with E-state index in [-0.39, 0.29) is 5.75 Å². The molecule has 15 heavy (non-hydrogen) atoms. The van der Waals surface area contributed by atoms with E-state index < -0.39 is 9.05 Å². The summed E-state index contributed by atoms with van der Waals surface area (Å²) in [5.74, 6) is 0.0685. The first-order valence-electron chi connectivity index (χ1n) is 5.05. The minimum absolute atomic E-state index is 0.0685. The Labute approximate surface area is 96.3 Å². The fraction of sp³-hybridized carbons (Fsp3) is 1.00. The quantitative estimate of drug-likeness (QED) is 0.443. The van der Waals surface area contributed by atoms with Crippen LogP contribution in [0, 0.1) is 0 Å². The van der Waals surface area contributed by atoms with Crippen LogP contribution in [0.3, 0.4) is 0 Å². The Balaban J connectivity index is 3.06. The smallest absolute Gasteiger partial charge is 0.232 e. The van der Waals surface area contributed by atoms with Gasteiger partial charge in [0.2, 0.25) is 9.05 Å². The molecule has 0 aliphatic heterocycles. The third-order valence-electron chi connectivity index (χ3n) is 1.86. The third-order valence-corrected chi connectivity index (χ3v) is 3.10. The van der Waals surface area contributed by atoms with Crippen LogP contribution in [0.1, 0.15) is 25.7 Å². The molecular formula is C9H19ClO4S. The zero-order chi connectivity index (χ0) is 11.6. The van der Waals surface area contributed by atoms with Gasteiger partial charge in [0.15, 0.2) is 0 Å². The number of unbranched alkanes of at least 4 members (excludes halogenated alkanes) is 3. The van der Waals surface area contributed by atoms with Crippen molar-refractivity contribution >= 4 is 19.7 Å². The lowest BCUT2D eigenvalue weighted by Gasteiger charge is -2.02. The summed E-state index contributed by atoms with van der Waals surface area (Å²) < 4.78 is 31.2. The van der Waals surface area contributed by atoms with E-state index in [1.165, 1.54) is 0 Å². The molecule has 6 heteroatoms. The van der Waals surface area contributed by atoms with Crippen molar-refractivity contribution in [1.29, 1.82) is 0 Å². The van der Waals surface area contributed by atoms with Gasteiger partial charge in [-0.1, -0.05) is 12.8 Å². The molecule has 0 rings (SSSR count). The lowest BCUT2D eigenvalue weighted by molar-refractivity contribution is 0.0686. The molecule has 0 radical (unpaired) electrons. The fourth-order valence-electron chi connectivity index (χ4n) is 1.08. The Morgan fingerprint density at radius 3 is 2.27 bits per heavy atom. The number of halogens is 1. The van der Waals surface area contributed by atoms with Crippen molar-refractivity contribution < 1.29 is 17.9 Å². The average molecular weight is 259 g/mol. The van der Waals surface area contributed by atoms with Crippen LogP contribution in [0.4, 0.5) is 0 Å². The van der Waals surface area contributed by atoms with Crippen LogP contribution in [0.25, 0.3) is 0 Å². The van der Waals surface area contributed by atoms with Gasteiger partial charge in [0.1, 0.15) is 0 Å². The maximum absolute atomic E-state index is 10.6. The molecule has 0 aliphatic rings. The van der Waals surface area contributed by atoms with Gasteiger partial charge in [0.05, 0.1) is 19.0 Å².